The van der Waals surface area contributed by atoms with Crippen LogP contribution >= 0.6 is 0 Å². The minimum atomic E-state index is -0.623. The molecule has 4 nitrogen and oxygen atoms in total. The van der Waals surface area contributed by atoms with Crippen molar-refractivity contribution in [2.75, 3.05) is 6.61 Å². The third-order valence-electron chi connectivity index (χ3n) is 2.89. The third-order valence-corrected chi connectivity index (χ3v) is 2.89. The Morgan fingerprint density at radius 1 is 0.917 bits per heavy atom. The lowest BCUT2D eigenvalue weighted by atomic mass is 10.3. The third kappa shape index (κ3) is 6.40. The first kappa shape index (κ1) is 17.3. The summed E-state index contributed by atoms with van der Waals surface area (Å²) >= 11 is 0. The van der Waals surface area contributed by atoms with Crippen LogP contribution in [0.25, 0.3) is 0 Å². The highest BCUT2D eigenvalue weighted by Gasteiger charge is 2.08. The zero-order chi connectivity index (χ0) is 17.0. The molecule has 124 valence electrons. The van der Waals surface area contributed by atoms with Crippen molar-refractivity contribution < 1.29 is 19.0 Å². The molecule has 0 aliphatic heterocycles. The molecular weight excluding hydrogens is 304 g/mol. The molecule has 0 fully saturated rings. The molecule has 0 aliphatic carbocycles. The summed E-state index contributed by atoms with van der Waals surface area (Å²) in [5, 5.41) is 0. The van der Waals surface area contributed by atoms with E-state index in [1.807, 2.05) is 60.7 Å². The summed E-state index contributed by atoms with van der Waals surface area (Å²) in [5.74, 6) is 1.00. The lowest BCUT2D eigenvalue weighted by Crippen LogP contribution is -2.21. The fourth-order valence-corrected chi connectivity index (χ4v) is 1.85. The molecule has 2 aromatic carbocycles. The fraction of sp³-hybridized carbons (Fsp3) is 0.150. The summed E-state index contributed by atoms with van der Waals surface area (Å²) in [4.78, 5) is 11.3. The Morgan fingerprint density at radius 2 is 1.46 bits per heavy atom. The van der Waals surface area contributed by atoms with E-state index in [0.29, 0.717) is 18.1 Å². The van der Waals surface area contributed by atoms with Crippen molar-refractivity contribution in [2.24, 2.45) is 0 Å². The maximum atomic E-state index is 11.3. The molecule has 0 N–H and O–H groups in total. The summed E-state index contributed by atoms with van der Waals surface area (Å²) in [6.45, 7) is 2.11. The van der Waals surface area contributed by atoms with Crippen molar-refractivity contribution in [1.29, 1.82) is 0 Å². The number of carbonyl (C=O) groups is 1. The second-order valence-electron chi connectivity index (χ2n) is 4.73. The summed E-state index contributed by atoms with van der Waals surface area (Å²) in [6, 6.07) is 18.8. The van der Waals surface area contributed by atoms with Crippen molar-refractivity contribution >= 4 is 5.97 Å². The van der Waals surface area contributed by atoms with Gasteiger partial charge in [-0.3, -0.25) is 0 Å². The Labute approximate surface area is 142 Å². The van der Waals surface area contributed by atoms with Crippen molar-refractivity contribution in [1.82, 2.24) is 0 Å². The Morgan fingerprint density at radius 3 is 1.96 bits per heavy atom. The molecule has 0 saturated heterocycles. The SMILES string of the molecule is CCOC(=O)/C=C/C=C/C(Oc1ccccc1)Oc1ccccc1. The maximum absolute atomic E-state index is 11.3. The second kappa shape index (κ2) is 9.90. The minimum Gasteiger partial charge on any atom is -0.463 e. The zero-order valence-corrected chi connectivity index (χ0v) is 13.5. The number of para-hydroxylation sites is 2. The zero-order valence-electron chi connectivity index (χ0n) is 13.5. The molecule has 2 aromatic rings. The first-order chi connectivity index (χ1) is 11.8. The van der Waals surface area contributed by atoms with E-state index >= 15 is 0 Å². The number of hydrogen-bond acceptors (Lipinski definition) is 4. The Bertz CT molecular complexity index is 621. The molecule has 0 saturated carbocycles. The van der Waals surface area contributed by atoms with Gasteiger partial charge in [-0.05, 0) is 37.3 Å². The quantitative estimate of drug-likeness (QED) is 0.317. The van der Waals surface area contributed by atoms with Crippen LogP contribution in [0.4, 0.5) is 0 Å². The average Bonchev–Trinajstić information content (AvgIpc) is 2.61. The van der Waals surface area contributed by atoms with Gasteiger partial charge >= 0.3 is 5.97 Å². The topological polar surface area (TPSA) is 44.8 Å². The molecule has 0 amide bonds. The molecule has 0 radical (unpaired) electrons. The molecule has 2 rings (SSSR count). The van der Waals surface area contributed by atoms with Gasteiger partial charge in [-0.1, -0.05) is 48.6 Å². The average molecular weight is 324 g/mol. The Kier molecular flexibility index (Phi) is 7.15. The Balaban J connectivity index is 2.03. The van der Waals surface area contributed by atoms with Gasteiger partial charge < -0.3 is 14.2 Å². The van der Waals surface area contributed by atoms with Crippen molar-refractivity contribution in [3.8, 4) is 11.5 Å². The van der Waals surface area contributed by atoms with Crippen LogP contribution in [0.1, 0.15) is 6.92 Å². The first-order valence-corrected chi connectivity index (χ1v) is 7.73. The second-order valence-corrected chi connectivity index (χ2v) is 4.73. The van der Waals surface area contributed by atoms with Gasteiger partial charge in [-0.15, -0.1) is 0 Å². The normalized spacial score (nSPS) is 11.1. The van der Waals surface area contributed by atoms with Crippen LogP contribution in [0.5, 0.6) is 11.5 Å². The number of allylic oxidation sites excluding steroid dienone is 2. The van der Waals surface area contributed by atoms with Gasteiger partial charge in [-0.2, -0.15) is 0 Å². The van der Waals surface area contributed by atoms with Gasteiger partial charge in [0, 0.05) is 6.08 Å². The van der Waals surface area contributed by atoms with E-state index in [1.165, 1.54) is 6.08 Å². The van der Waals surface area contributed by atoms with Crippen LogP contribution in [0.2, 0.25) is 0 Å². The van der Waals surface area contributed by atoms with Crippen LogP contribution in [0.15, 0.2) is 85.0 Å². The minimum absolute atomic E-state index is 0.351. The van der Waals surface area contributed by atoms with Gasteiger partial charge in [0.25, 0.3) is 6.29 Å². The highest BCUT2D eigenvalue weighted by atomic mass is 16.7. The van der Waals surface area contributed by atoms with Crippen LogP contribution in [0.3, 0.4) is 0 Å². The monoisotopic (exact) mass is 324 g/mol. The predicted octanol–water partition coefficient (Wildman–Crippen LogP) is 4.15. The lowest BCUT2D eigenvalue weighted by molar-refractivity contribution is -0.137. The number of esters is 1. The van der Waals surface area contributed by atoms with E-state index in [4.69, 9.17) is 14.2 Å². The summed E-state index contributed by atoms with van der Waals surface area (Å²) in [6.07, 6.45) is 5.72. The standard InChI is InChI=1S/C20H20O4/c1-2-22-19(21)15-9-10-16-20(23-17-11-5-3-6-12-17)24-18-13-7-4-8-14-18/h3-16,20H,2H2,1H3/b15-9+,16-10+. The largest absolute Gasteiger partial charge is 0.463 e. The summed E-state index contributed by atoms with van der Waals surface area (Å²) in [7, 11) is 0. The van der Waals surface area contributed by atoms with Crippen LogP contribution in [-0.2, 0) is 9.53 Å². The van der Waals surface area contributed by atoms with Gasteiger partial charge in [0.05, 0.1) is 6.61 Å². The highest BCUT2D eigenvalue weighted by molar-refractivity contribution is 5.82. The van der Waals surface area contributed by atoms with E-state index in [-0.39, 0.29) is 5.97 Å². The van der Waals surface area contributed by atoms with Crippen LogP contribution in [0, 0.1) is 0 Å². The van der Waals surface area contributed by atoms with Gasteiger partial charge in [0.15, 0.2) is 0 Å². The summed E-state index contributed by atoms with van der Waals surface area (Å²) < 4.78 is 16.4. The molecule has 0 spiro atoms. The molecule has 0 atom stereocenters. The predicted molar refractivity (Wildman–Crippen MR) is 92.8 cm³/mol. The lowest BCUT2D eigenvalue weighted by Gasteiger charge is -2.17. The van der Waals surface area contributed by atoms with Gasteiger partial charge in [0.2, 0.25) is 0 Å². The number of ether oxygens (including phenoxy) is 3. The number of carbonyl (C=O) groups excluding carboxylic acids is 1. The molecular formula is C20H20O4. The molecule has 4 heteroatoms. The highest BCUT2D eigenvalue weighted by Crippen LogP contribution is 2.16. The number of rotatable bonds is 8. The number of benzene rings is 2. The van der Waals surface area contributed by atoms with Crippen molar-refractivity contribution in [2.45, 2.75) is 13.2 Å². The number of hydrogen-bond donors (Lipinski definition) is 0. The van der Waals surface area contributed by atoms with E-state index in [0.717, 1.165) is 0 Å². The smallest absolute Gasteiger partial charge is 0.330 e. The molecule has 0 aromatic heterocycles. The van der Waals surface area contributed by atoms with E-state index in [1.54, 1.807) is 25.2 Å². The molecule has 0 aliphatic rings. The maximum Gasteiger partial charge on any atom is 0.330 e. The first-order valence-electron chi connectivity index (χ1n) is 7.73. The van der Waals surface area contributed by atoms with Crippen molar-refractivity contribution in [3.63, 3.8) is 0 Å². The van der Waals surface area contributed by atoms with Crippen LogP contribution in [-0.4, -0.2) is 18.9 Å². The van der Waals surface area contributed by atoms with Crippen LogP contribution < -0.4 is 9.47 Å². The van der Waals surface area contributed by atoms with E-state index in [2.05, 4.69) is 0 Å². The molecule has 0 bridgehead atoms. The molecule has 24 heavy (non-hydrogen) atoms. The van der Waals surface area contributed by atoms with Crippen molar-refractivity contribution in [3.05, 3.63) is 85.0 Å². The molecule has 0 heterocycles. The molecule has 0 unspecified atom stereocenters. The summed E-state index contributed by atoms with van der Waals surface area (Å²) in [5.41, 5.74) is 0. The fourth-order valence-electron chi connectivity index (χ4n) is 1.85. The van der Waals surface area contributed by atoms with E-state index < -0.39 is 6.29 Å². The van der Waals surface area contributed by atoms with Gasteiger partial charge in [0.1, 0.15) is 11.5 Å². The van der Waals surface area contributed by atoms with E-state index in [9.17, 15) is 4.79 Å². The van der Waals surface area contributed by atoms with Gasteiger partial charge in [-0.25, -0.2) is 4.79 Å². The Hall–Kier alpha value is -3.01.